The zero-order valence-electron chi connectivity index (χ0n) is 19.0. The van der Waals surface area contributed by atoms with Crippen molar-refractivity contribution in [3.05, 3.63) is 0 Å². The topological polar surface area (TPSA) is 127 Å². The van der Waals surface area contributed by atoms with Crippen molar-refractivity contribution < 1.29 is 47.9 Å². The summed E-state index contributed by atoms with van der Waals surface area (Å²) in [6.45, 7) is 4.38. The molecule has 0 radical (unpaired) electrons. The first-order valence-electron chi connectivity index (χ1n) is 11.8. The third kappa shape index (κ3) is 3.17. The number of fused-ring (bicyclic) bond motifs is 3. The summed E-state index contributed by atoms with van der Waals surface area (Å²) >= 11 is 0. The summed E-state index contributed by atoms with van der Waals surface area (Å²) in [5, 5.41) is 9.93. The van der Waals surface area contributed by atoms with Gasteiger partial charge in [0.1, 0.15) is 6.10 Å². The van der Waals surface area contributed by atoms with Crippen molar-refractivity contribution >= 4 is 17.9 Å². The fraction of sp³-hybridized carbons (Fsp3) is 0.870. The average molecular weight is 466 g/mol. The molecule has 7 atom stereocenters. The molecule has 4 bridgehead atoms. The Morgan fingerprint density at radius 3 is 2.42 bits per heavy atom. The van der Waals surface area contributed by atoms with Crippen molar-refractivity contribution in [3.63, 3.8) is 0 Å². The highest BCUT2D eigenvalue weighted by Crippen LogP contribution is 2.67. The van der Waals surface area contributed by atoms with E-state index in [0.29, 0.717) is 5.92 Å². The molecule has 3 saturated heterocycles. The van der Waals surface area contributed by atoms with E-state index in [1.54, 1.807) is 0 Å². The molecule has 4 aliphatic carbocycles. The van der Waals surface area contributed by atoms with Crippen LogP contribution in [0, 0.1) is 23.2 Å². The number of carbonyl (C=O) groups excluding carboxylic acids is 3. The highest BCUT2D eigenvalue weighted by Gasteiger charge is 2.72. The molecule has 0 aromatic heterocycles. The maximum absolute atomic E-state index is 12.2. The Kier molecular flexibility index (Phi) is 4.55. The lowest BCUT2D eigenvalue weighted by molar-refractivity contribution is -0.337. The van der Waals surface area contributed by atoms with Gasteiger partial charge < -0.3 is 33.5 Å². The number of carbonyl (C=O) groups is 3. The van der Waals surface area contributed by atoms with Gasteiger partial charge in [-0.3, -0.25) is 4.79 Å². The second-order valence-electron chi connectivity index (χ2n) is 11.3. The van der Waals surface area contributed by atoms with E-state index in [0.717, 1.165) is 32.1 Å². The van der Waals surface area contributed by atoms with E-state index in [4.69, 9.17) is 28.4 Å². The molecule has 1 spiro atoms. The first-order valence-corrected chi connectivity index (χ1v) is 11.8. The average Bonchev–Trinajstić information content (AvgIpc) is 3.32. The number of hydrogen-bond donors (Lipinski definition) is 1. The Morgan fingerprint density at radius 1 is 1.09 bits per heavy atom. The monoisotopic (exact) mass is 466 g/mol. The molecular formula is C23H30O10. The maximum Gasteiger partial charge on any atom is 0.350 e. The van der Waals surface area contributed by atoms with Crippen LogP contribution in [-0.4, -0.2) is 71.7 Å². The van der Waals surface area contributed by atoms with E-state index in [9.17, 15) is 19.5 Å². The van der Waals surface area contributed by atoms with Gasteiger partial charge in [0.05, 0.1) is 6.61 Å². The van der Waals surface area contributed by atoms with Crippen LogP contribution >= 0.6 is 0 Å². The Hall–Kier alpha value is -1.75. The minimum atomic E-state index is -1.52. The van der Waals surface area contributed by atoms with Gasteiger partial charge in [0.2, 0.25) is 6.10 Å². The van der Waals surface area contributed by atoms with Crippen molar-refractivity contribution in [3.8, 4) is 0 Å². The van der Waals surface area contributed by atoms with Crippen LogP contribution in [0.1, 0.15) is 52.9 Å². The molecule has 10 nitrogen and oxygen atoms in total. The molecule has 7 fully saturated rings. The van der Waals surface area contributed by atoms with Crippen LogP contribution in [0.4, 0.5) is 0 Å². The molecule has 182 valence electrons. The van der Waals surface area contributed by atoms with E-state index in [1.807, 2.05) is 0 Å². The lowest BCUT2D eigenvalue weighted by Gasteiger charge is -2.62. The fourth-order valence-corrected chi connectivity index (χ4v) is 7.34. The van der Waals surface area contributed by atoms with Gasteiger partial charge in [0.25, 0.3) is 0 Å². The largest absolute Gasteiger partial charge is 0.463 e. The molecule has 10 heteroatoms. The normalized spacial score (nSPS) is 49.2. The highest BCUT2D eigenvalue weighted by molar-refractivity contribution is 5.81. The van der Waals surface area contributed by atoms with Crippen molar-refractivity contribution in [1.82, 2.24) is 0 Å². The van der Waals surface area contributed by atoms with E-state index >= 15 is 0 Å². The van der Waals surface area contributed by atoms with Crippen LogP contribution in [0.5, 0.6) is 0 Å². The standard InChI is InChI=1S/C23H30O10/c1-10(24)29-16-14-15(30-18(16)25)17-19(31-14)33-23(32-17)12-4-11-5-13(23)8-22(6-11,7-12)9-28-20(26)21(2,3)27/h11-17,19,27H,4-9H2,1-3H3. The third-order valence-corrected chi connectivity index (χ3v) is 8.37. The van der Waals surface area contributed by atoms with Crippen molar-refractivity contribution in [2.24, 2.45) is 23.2 Å². The molecule has 33 heavy (non-hydrogen) atoms. The van der Waals surface area contributed by atoms with Gasteiger partial charge in [-0.25, -0.2) is 9.59 Å². The van der Waals surface area contributed by atoms with Gasteiger partial charge in [-0.15, -0.1) is 0 Å². The quantitative estimate of drug-likeness (QED) is 0.470. The van der Waals surface area contributed by atoms with Gasteiger partial charge in [0.15, 0.2) is 29.9 Å². The smallest absolute Gasteiger partial charge is 0.350 e. The fourth-order valence-electron chi connectivity index (χ4n) is 7.34. The van der Waals surface area contributed by atoms with Gasteiger partial charge in [-0.05, 0) is 51.9 Å². The Labute approximate surface area is 191 Å². The zero-order valence-corrected chi connectivity index (χ0v) is 19.0. The Morgan fingerprint density at radius 2 is 1.79 bits per heavy atom. The highest BCUT2D eigenvalue weighted by atomic mass is 16.9. The molecule has 1 N–H and O–H groups in total. The molecule has 0 aromatic rings. The predicted octanol–water partition coefficient (Wildman–Crippen LogP) is 0.820. The molecule has 0 aromatic carbocycles. The number of esters is 3. The molecule has 0 amide bonds. The first kappa shape index (κ1) is 21.8. The molecule has 3 aliphatic heterocycles. The van der Waals surface area contributed by atoms with Crippen LogP contribution in [0.2, 0.25) is 0 Å². The van der Waals surface area contributed by atoms with Crippen LogP contribution in [0.15, 0.2) is 0 Å². The lowest BCUT2D eigenvalue weighted by Crippen LogP contribution is -2.63. The SMILES string of the molecule is CC(=O)OC1C(=O)OC2C3OC4(OC3OC12)C1CC2CC4CC(COC(=O)C(C)(C)O)(C2)C1. The molecule has 4 saturated carbocycles. The summed E-state index contributed by atoms with van der Waals surface area (Å²) in [5.74, 6) is -1.90. The van der Waals surface area contributed by atoms with Gasteiger partial charge in [0, 0.05) is 24.2 Å². The van der Waals surface area contributed by atoms with Crippen LogP contribution in [0.25, 0.3) is 0 Å². The number of hydrogen-bond acceptors (Lipinski definition) is 10. The van der Waals surface area contributed by atoms with Crippen LogP contribution in [-0.2, 0) is 42.8 Å². The summed E-state index contributed by atoms with van der Waals surface area (Å²) in [4.78, 5) is 35.8. The maximum atomic E-state index is 12.2. The van der Waals surface area contributed by atoms with E-state index in [2.05, 4.69) is 0 Å². The lowest BCUT2D eigenvalue weighted by atomic mass is 9.47. The summed E-state index contributed by atoms with van der Waals surface area (Å²) < 4.78 is 35.2. The Bertz CT molecular complexity index is 876. The molecule has 7 unspecified atom stereocenters. The third-order valence-electron chi connectivity index (χ3n) is 8.37. The molecular weight excluding hydrogens is 436 g/mol. The van der Waals surface area contributed by atoms with E-state index < -0.39 is 60.0 Å². The molecule has 7 aliphatic rings. The van der Waals surface area contributed by atoms with Crippen molar-refractivity contribution in [2.45, 2.75) is 95.0 Å². The van der Waals surface area contributed by atoms with Crippen molar-refractivity contribution in [1.29, 1.82) is 0 Å². The second-order valence-corrected chi connectivity index (χ2v) is 11.3. The predicted molar refractivity (Wildman–Crippen MR) is 106 cm³/mol. The summed E-state index contributed by atoms with van der Waals surface area (Å²) in [5.41, 5.74) is -1.66. The van der Waals surface area contributed by atoms with E-state index in [1.165, 1.54) is 20.8 Å². The van der Waals surface area contributed by atoms with Gasteiger partial charge in [-0.2, -0.15) is 0 Å². The van der Waals surface area contributed by atoms with Crippen LogP contribution < -0.4 is 0 Å². The summed E-state index contributed by atoms with van der Waals surface area (Å²) in [6.07, 6.45) is 0.725. The van der Waals surface area contributed by atoms with Crippen LogP contribution in [0.3, 0.4) is 0 Å². The van der Waals surface area contributed by atoms with E-state index in [-0.39, 0.29) is 23.9 Å². The molecule has 7 rings (SSSR count). The number of ether oxygens (including phenoxy) is 6. The number of aliphatic hydroxyl groups is 1. The summed E-state index contributed by atoms with van der Waals surface area (Å²) in [7, 11) is 0. The van der Waals surface area contributed by atoms with Crippen molar-refractivity contribution in [2.75, 3.05) is 6.61 Å². The zero-order chi connectivity index (χ0) is 23.3. The summed E-state index contributed by atoms with van der Waals surface area (Å²) in [6, 6.07) is 0. The minimum absolute atomic E-state index is 0.110. The van der Waals surface area contributed by atoms with Gasteiger partial charge >= 0.3 is 17.9 Å². The van der Waals surface area contributed by atoms with Gasteiger partial charge in [-0.1, -0.05) is 0 Å². The number of rotatable bonds is 4. The second kappa shape index (κ2) is 6.90. The molecule has 3 heterocycles. The first-order chi connectivity index (χ1) is 15.5. The minimum Gasteiger partial charge on any atom is -0.463 e. The Balaban J connectivity index is 1.18.